The van der Waals surface area contributed by atoms with Gasteiger partial charge < -0.3 is 5.11 Å². The maximum absolute atomic E-state index is 10.5. The van der Waals surface area contributed by atoms with E-state index in [2.05, 4.69) is 43.0 Å². The van der Waals surface area contributed by atoms with Gasteiger partial charge in [0.05, 0.1) is 6.61 Å². The van der Waals surface area contributed by atoms with E-state index in [9.17, 15) is 5.11 Å². The molecule has 0 amide bonds. The third kappa shape index (κ3) is 3.17. The summed E-state index contributed by atoms with van der Waals surface area (Å²) in [6.07, 6.45) is 0.710. The molecule has 24 heavy (non-hydrogen) atoms. The highest BCUT2D eigenvalue weighted by molar-refractivity contribution is 5.74. The maximum Gasteiger partial charge on any atom is 0.0571 e. The van der Waals surface area contributed by atoms with E-state index < -0.39 is 5.41 Å². The van der Waals surface area contributed by atoms with Crippen molar-refractivity contribution in [3.63, 3.8) is 0 Å². The summed E-state index contributed by atoms with van der Waals surface area (Å²) in [5.41, 5.74) is 3.74. The van der Waals surface area contributed by atoms with Crippen molar-refractivity contribution in [3.05, 3.63) is 114 Å². The Balaban J connectivity index is 2.11. The van der Waals surface area contributed by atoms with Crippen LogP contribution in [0.25, 0.3) is 5.57 Å². The Morgan fingerprint density at radius 2 is 1.25 bits per heavy atom. The predicted octanol–water partition coefficient (Wildman–Crippen LogP) is 4.87. The van der Waals surface area contributed by atoms with E-state index in [0.29, 0.717) is 6.42 Å². The lowest BCUT2D eigenvalue weighted by Gasteiger charge is -2.35. The first-order valence-electron chi connectivity index (χ1n) is 8.21. The minimum absolute atomic E-state index is 0.0135. The van der Waals surface area contributed by atoms with Gasteiger partial charge in [-0.05, 0) is 28.7 Å². The highest BCUT2D eigenvalue weighted by Gasteiger charge is 2.35. The van der Waals surface area contributed by atoms with E-state index in [1.165, 1.54) is 5.56 Å². The van der Waals surface area contributed by atoms with Gasteiger partial charge in [0.25, 0.3) is 0 Å². The minimum Gasteiger partial charge on any atom is -0.395 e. The summed E-state index contributed by atoms with van der Waals surface area (Å²) in [6, 6.07) is 30.6. The minimum atomic E-state index is -0.538. The fraction of sp³-hybridized carbons (Fsp3) is 0.130. The Morgan fingerprint density at radius 3 is 1.79 bits per heavy atom. The Morgan fingerprint density at radius 1 is 0.750 bits per heavy atom. The molecule has 1 atom stereocenters. The van der Waals surface area contributed by atoms with Gasteiger partial charge in [-0.25, -0.2) is 0 Å². The molecule has 0 aliphatic carbocycles. The zero-order valence-corrected chi connectivity index (χ0v) is 13.7. The van der Waals surface area contributed by atoms with Gasteiger partial charge >= 0.3 is 0 Å². The van der Waals surface area contributed by atoms with E-state index in [1.54, 1.807) is 0 Å². The van der Waals surface area contributed by atoms with Crippen molar-refractivity contribution in [1.82, 2.24) is 0 Å². The summed E-state index contributed by atoms with van der Waals surface area (Å²) in [7, 11) is 0. The molecule has 0 aromatic heterocycles. The zero-order valence-electron chi connectivity index (χ0n) is 13.7. The van der Waals surface area contributed by atoms with Gasteiger partial charge in [-0.15, -0.1) is 0 Å². The van der Waals surface area contributed by atoms with Crippen LogP contribution in [0.5, 0.6) is 0 Å². The van der Waals surface area contributed by atoms with Gasteiger partial charge in [0.2, 0.25) is 0 Å². The summed E-state index contributed by atoms with van der Waals surface area (Å²) < 4.78 is 0. The summed E-state index contributed by atoms with van der Waals surface area (Å²) in [5.74, 6) is 0. The fourth-order valence-corrected chi connectivity index (χ4v) is 3.24. The molecule has 0 aliphatic heterocycles. The van der Waals surface area contributed by atoms with Crippen LogP contribution in [0.1, 0.15) is 16.7 Å². The lowest BCUT2D eigenvalue weighted by Crippen LogP contribution is -2.34. The van der Waals surface area contributed by atoms with E-state index in [-0.39, 0.29) is 6.61 Å². The number of aliphatic hydroxyl groups is 1. The molecule has 0 saturated heterocycles. The van der Waals surface area contributed by atoms with Crippen LogP contribution in [0.2, 0.25) is 0 Å². The van der Waals surface area contributed by atoms with E-state index in [1.807, 2.05) is 54.6 Å². The van der Waals surface area contributed by atoms with Crippen molar-refractivity contribution < 1.29 is 5.11 Å². The second-order valence-electron chi connectivity index (χ2n) is 6.11. The van der Waals surface area contributed by atoms with Crippen LogP contribution in [0.3, 0.4) is 0 Å². The van der Waals surface area contributed by atoms with Crippen LogP contribution in [-0.4, -0.2) is 11.7 Å². The molecule has 3 rings (SSSR count). The number of benzene rings is 3. The first-order valence-corrected chi connectivity index (χ1v) is 8.21. The van der Waals surface area contributed by atoms with Crippen molar-refractivity contribution in [2.45, 2.75) is 11.8 Å². The highest BCUT2D eigenvalue weighted by atomic mass is 16.3. The normalized spacial score (nSPS) is 13.2. The lowest BCUT2D eigenvalue weighted by atomic mass is 9.69. The SMILES string of the molecule is C=C(c1ccccc1)C(CO)(Cc1ccccc1)c1ccccc1. The highest BCUT2D eigenvalue weighted by Crippen LogP contribution is 2.40. The Bertz CT molecular complexity index is 778. The van der Waals surface area contributed by atoms with Crippen molar-refractivity contribution in [2.75, 3.05) is 6.61 Å². The quantitative estimate of drug-likeness (QED) is 0.688. The van der Waals surface area contributed by atoms with Gasteiger partial charge in [0.1, 0.15) is 0 Å². The van der Waals surface area contributed by atoms with E-state index >= 15 is 0 Å². The van der Waals surface area contributed by atoms with Crippen LogP contribution >= 0.6 is 0 Å². The molecule has 120 valence electrons. The molecule has 0 aliphatic rings. The summed E-state index contributed by atoms with van der Waals surface area (Å²) in [4.78, 5) is 0. The second-order valence-corrected chi connectivity index (χ2v) is 6.11. The van der Waals surface area contributed by atoms with E-state index in [0.717, 1.165) is 16.7 Å². The Labute approximate surface area is 143 Å². The van der Waals surface area contributed by atoms with Gasteiger partial charge in [0, 0.05) is 5.41 Å². The summed E-state index contributed by atoms with van der Waals surface area (Å²) >= 11 is 0. The van der Waals surface area contributed by atoms with Crippen LogP contribution in [0.4, 0.5) is 0 Å². The standard InChI is InChI=1S/C23H22O/c1-19(21-13-7-3-8-14-21)23(18-24,22-15-9-4-10-16-22)17-20-11-5-2-6-12-20/h2-16,24H,1,17-18H2. The number of rotatable bonds is 6. The smallest absolute Gasteiger partial charge is 0.0571 e. The largest absolute Gasteiger partial charge is 0.395 e. The molecule has 3 aromatic carbocycles. The predicted molar refractivity (Wildman–Crippen MR) is 101 cm³/mol. The maximum atomic E-state index is 10.5. The Kier molecular flexibility index (Phi) is 4.93. The van der Waals surface area contributed by atoms with Crippen LogP contribution in [0.15, 0.2) is 97.6 Å². The average molecular weight is 314 g/mol. The molecule has 0 spiro atoms. The molecule has 0 radical (unpaired) electrons. The van der Waals surface area contributed by atoms with Gasteiger partial charge in [-0.3, -0.25) is 0 Å². The molecule has 1 heteroatoms. The molecule has 1 N–H and O–H groups in total. The molecule has 1 unspecified atom stereocenters. The van der Waals surface area contributed by atoms with Crippen molar-refractivity contribution in [2.24, 2.45) is 0 Å². The van der Waals surface area contributed by atoms with Crippen LogP contribution in [0, 0.1) is 0 Å². The van der Waals surface area contributed by atoms with Crippen molar-refractivity contribution >= 4 is 5.57 Å². The average Bonchev–Trinajstić information content (AvgIpc) is 2.68. The molecular formula is C23H22O. The molecule has 0 bridgehead atoms. The third-order valence-corrected chi connectivity index (χ3v) is 4.64. The molecule has 0 saturated carbocycles. The Hall–Kier alpha value is -2.64. The fourth-order valence-electron chi connectivity index (χ4n) is 3.24. The molecule has 0 fully saturated rings. The van der Waals surface area contributed by atoms with Crippen molar-refractivity contribution in [3.8, 4) is 0 Å². The molecular weight excluding hydrogens is 292 g/mol. The molecule has 3 aromatic rings. The third-order valence-electron chi connectivity index (χ3n) is 4.64. The lowest BCUT2D eigenvalue weighted by molar-refractivity contribution is 0.230. The number of hydrogen-bond donors (Lipinski definition) is 1. The second kappa shape index (κ2) is 7.29. The monoisotopic (exact) mass is 314 g/mol. The first kappa shape index (κ1) is 16.2. The topological polar surface area (TPSA) is 20.2 Å². The summed E-state index contributed by atoms with van der Waals surface area (Å²) in [6.45, 7) is 4.39. The number of hydrogen-bond acceptors (Lipinski definition) is 1. The van der Waals surface area contributed by atoms with Gasteiger partial charge in [0.15, 0.2) is 0 Å². The van der Waals surface area contributed by atoms with Gasteiger partial charge in [-0.1, -0.05) is 97.6 Å². The van der Waals surface area contributed by atoms with E-state index in [4.69, 9.17) is 0 Å². The van der Waals surface area contributed by atoms with Crippen LogP contribution < -0.4 is 0 Å². The molecule has 0 heterocycles. The van der Waals surface area contributed by atoms with Gasteiger partial charge in [-0.2, -0.15) is 0 Å². The van der Waals surface area contributed by atoms with Crippen LogP contribution in [-0.2, 0) is 11.8 Å². The molecule has 1 nitrogen and oxygen atoms in total. The zero-order chi connectivity index (χ0) is 16.8. The summed E-state index contributed by atoms with van der Waals surface area (Å²) in [5, 5.41) is 10.5. The first-order chi connectivity index (χ1) is 11.8. The van der Waals surface area contributed by atoms with Crippen molar-refractivity contribution in [1.29, 1.82) is 0 Å². The number of aliphatic hydroxyl groups excluding tert-OH is 1.